The molecule has 0 saturated heterocycles. The van der Waals surface area contributed by atoms with Gasteiger partial charge < -0.3 is 0 Å². The van der Waals surface area contributed by atoms with E-state index in [0.717, 1.165) is 38.9 Å². The lowest BCUT2D eigenvalue weighted by Crippen LogP contribution is -2.56. The van der Waals surface area contributed by atoms with Crippen molar-refractivity contribution in [3.05, 3.63) is 174 Å². The van der Waals surface area contributed by atoms with Crippen LogP contribution >= 0.6 is 0 Å². The molecule has 5 aromatic carbocycles. The molecule has 2 aromatic heterocycles. The number of benzene rings is 5. The number of hydrogen-bond acceptors (Lipinski definition) is 2. The molecular weight excluding hydrogens is 625 g/mol. The summed E-state index contributed by atoms with van der Waals surface area (Å²) >= 11 is 0. The topological polar surface area (TPSA) is 30.7 Å². The van der Waals surface area contributed by atoms with Gasteiger partial charge in [0.2, 0.25) is 0 Å². The Balaban J connectivity index is 1.32. The van der Waals surface area contributed by atoms with Crippen LogP contribution in [-0.2, 0) is 0 Å². The van der Waals surface area contributed by atoms with Crippen LogP contribution in [0.5, 0.6) is 0 Å². The van der Waals surface area contributed by atoms with Crippen LogP contribution in [0.3, 0.4) is 0 Å². The Morgan fingerprint density at radius 2 is 1.17 bits per heavy atom. The van der Waals surface area contributed by atoms with Gasteiger partial charge in [-0.05, 0) is 57.2 Å². The summed E-state index contributed by atoms with van der Waals surface area (Å²) in [5, 5.41) is 0. The Labute approximate surface area is 310 Å². The zero-order chi connectivity index (χ0) is 35.5. The Kier molecular flexibility index (Phi) is 7.92. The van der Waals surface area contributed by atoms with E-state index in [1.807, 2.05) is 53.4 Å². The number of fused-ring (bicyclic) bond motifs is 3. The van der Waals surface area contributed by atoms with Gasteiger partial charge >= 0.3 is 0 Å². The van der Waals surface area contributed by atoms with E-state index < -0.39 is 0 Å². The number of para-hydroxylation sites is 2. The van der Waals surface area contributed by atoms with E-state index >= 15 is 0 Å². The van der Waals surface area contributed by atoms with Gasteiger partial charge in [0, 0.05) is 41.0 Å². The summed E-state index contributed by atoms with van der Waals surface area (Å²) in [6, 6.07) is 37.8. The molecule has 0 amide bonds. The summed E-state index contributed by atoms with van der Waals surface area (Å²) in [6.07, 6.45) is 12.6. The van der Waals surface area contributed by atoms with Gasteiger partial charge in [-0.3, -0.25) is 9.55 Å². The highest BCUT2D eigenvalue weighted by molar-refractivity contribution is 6.68. The first-order valence-corrected chi connectivity index (χ1v) is 17.2. The van der Waals surface area contributed by atoms with Crippen LogP contribution in [0.1, 0.15) is 28.2 Å². The highest BCUT2D eigenvalue weighted by atomic mass is 15.1. The average molecular weight is 651 g/mol. The van der Waals surface area contributed by atoms with Gasteiger partial charge in [-0.1, -0.05) is 126 Å². The quantitative estimate of drug-likeness (QED) is 0.259. The second kappa shape index (κ2) is 12.8. The maximum absolute atomic E-state index is 6.72. The fourth-order valence-corrected chi connectivity index (χ4v) is 8.06. The van der Waals surface area contributed by atoms with E-state index in [0.29, 0.717) is 11.5 Å². The molecule has 9 rings (SSSR count). The van der Waals surface area contributed by atoms with Crippen molar-refractivity contribution in [3.63, 3.8) is 0 Å². The molecule has 52 heavy (non-hydrogen) atoms. The van der Waals surface area contributed by atoms with E-state index in [2.05, 4.69) is 102 Å². The largest absolute Gasteiger partial charge is 0.294 e. The van der Waals surface area contributed by atoms with Gasteiger partial charge in [0.1, 0.15) is 45.1 Å². The highest BCUT2D eigenvalue weighted by Crippen LogP contribution is 2.52. The molecule has 10 radical (unpaired) electrons. The molecule has 0 spiro atoms. The summed E-state index contributed by atoms with van der Waals surface area (Å²) in [4.78, 5) is 9.68. The molecule has 2 aliphatic carbocycles. The third-order valence-corrected chi connectivity index (χ3v) is 10.4. The van der Waals surface area contributed by atoms with Crippen LogP contribution in [-0.4, -0.2) is 53.8 Å². The van der Waals surface area contributed by atoms with E-state index in [4.69, 9.17) is 44.2 Å². The van der Waals surface area contributed by atoms with Crippen molar-refractivity contribution in [1.82, 2.24) is 14.5 Å². The van der Waals surface area contributed by atoms with Crippen LogP contribution in [0, 0.1) is 5.92 Å². The van der Waals surface area contributed by atoms with Gasteiger partial charge in [-0.15, -0.1) is 16.4 Å². The van der Waals surface area contributed by atoms with Crippen molar-refractivity contribution in [3.8, 4) is 28.2 Å². The maximum atomic E-state index is 6.72. The Bertz CT molecular complexity index is 2630. The van der Waals surface area contributed by atoms with Crippen molar-refractivity contribution in [1.29, 1.82) is 0 Å². The minimum atomic E-state index is 0.0579. The van der Waals surface area contributed by atoms with Crippen LogP contribution in [0.25, 0.3) is 44.8 Å². The molecule has 8 heteroatoms. The van der Waals surface area contributed by atoms with E-state index in [1.54, 1.807) is 0 Å². The molecule has 232 valence electrons. The first-order valence-electron chi connectivity index (χ1n) is 17.2. The second-order valence-electron chi connectivity index (χ2n) is 13.2. The summed E-state index contributed by atoms with van der Waals surface area (Å²) < 4.78 is 1.96. The molecule has 3 nitrogen and oxygen atoms in total. The lowest BCUT2D eigenvalue weighted by atomic mass is 9.61. The third-order valence-electron chi connectivity index (χ3n) is 10.4. The number of rotatable bonds is 5. The van der Waals surface area contributed by atoms with Crippen LogP contribution in [0.4, 0.5) is 0 Å². The number of pyridine rings is 1. The SMILES string of the molecule is [B]c1c([B])c([B])c(-n2c(-c3ccccc3C3=C4C=CC=CC4C(c4ccccc4-c4cccnc4)c4ccccc43)nc3ccccc32)c([B])c1[B]. The van der Waals surface area contributed by atoms with E-state index in [9.17, 15) is 0 Å². The predicted molar refractivity (Wildman–Crippen MR) is 219 cm³/mol. The lowest BCUT2D eigenvalue weighted by molar-refractivity contribution is 0.650. The molecule has 0 aliphatic heterocycles. The van der Waals surface area contributed by atoms with Gasteiger partial charge in [-0.25, -0.2) is 4.98 Å². The number of imidazole rings is 1. The lowest BCUT2D eigenvalue weighted by Gasteiger charge is -2.38. The van der Waals surface area contributed by atoms with Gasteiger partial charge in [0.15, 0.2) is 0 Å². The summed E-state index contributed by atoms with van der Waals surface area (Å²) in [7, 11) is 32.5. The third kappa shape index (κ3) is 4.96. The van der Waals surface area contributed by atoms with Crippen LogP contribution in [0.15, 0.2) is 151 Å². The molecule has 0 saturated carbocycles. The normalized spacial score (nSPS) is 16.2. The number of hydrogen-bond donors (Lipinski definition) is 0. The zero-order valence-corrected chi connectivity index (χ0v) is 28.2. The van der Waals surface area contributed by atoms with E-state index in [1.165, 1.54) is 22.3 Å². The molecule has 0 bridgehead atoms. The van der Waals surface area contributed by atoms with Crippen molar-refractivity contribution >= 4 is 83.2 Å². The van der Waals surface area contributed by atoms with E-state index in [-0.39, 0.29) is 39.1 Å². The van der Waals surface area contributed by atoms with Crippen LogP contribution in [0.2, 0.25) is 0 Å². The van der Waals surface area contributed by atoms with Gasteiger partial charge in [0.05, 0.1) is 11.0 Å². The summed E-state index contributed by atoms with van der Waals surface area (Å²) in [5.74, 6) is 0.771. The summed E-state index contributed by atoms with van der Waals surface area (Å²) in [6.45, 7) is 0. The molecule has 2 unspecified atom stereocenters. The fraction of sp³-hybridized carbons (Fsp3) is 0.0455. The molecule has 7 aromatic rings. The minimum absolute atomic E-state index is 0.0579. The zero-order valence-electron chi connectivity index (χ0n) is 28.2. The fourth-order valence-electron chi connectivity index (χ4n) is 8.06. The monoisotopic (exact) mass is 651 g/mol. The molecular formula is C44H26B5N3. The molecule has 2 atom stereocenters. The van der Waals surface area contributed by atoms with Crippen molar-refractivity contribution in [2.75, 3.05) is 0 Å². The van der Waals surface area contributed by atoms with Crippen molar-refractivity contribution in [2.24, 2.45) is 5.92 Å². The first kappa shape index (κ1) is 32.2. The highest BCUT2D eigenvalue weighted by Gasteiger charge is 2.37. The number of aromatic nitrogens is 3. The first-order chi connectivity index (χ1) is 25.4. The molecule has 2 heterocycles. The van der Waals surface area contributed by atoms with Crippen molar-refractivity contribution < 1.29 is 0 Å². The smallest absolute Gasteiger partial charge is 0.146 e. The Morgan fingerprint density at radius 1 is 0.558 bits per heavy atom. The average Bonchev–Trinajstić information content (AvgIpc) is 3.58. The maximum Gasteiger partial charge on any atom is 0.146 e. The number of nitrogens with zero attached hydrogens (tertiary/aromatic N) is 3. The standard InChI is InChI=1S/C44H26B5N3/c45-38-39(46)41(48)43(42(49)40(38)47)52-35-22-10-9-21-34(35)51-44(52)33-20-8-7-19-32(33)37-30-17-5-3-15-28(30)36(29-16-4-6-18-31(29)37)27-14-2-1-13-26(27)25-12-11-23-50-24-25/h1-24,28,36H. The molecule has 0 fully saturated rings. The summed E-state index contributed by atoms with van der Waals surface area (Å²) in [5.41, 5.74) is 13.3. The second-order valence-corrected chi connectivity index (χ2v) is 13.2. The Morgan fingerprint density at radius 3 is 1.90 bits per heavy atom. The van der Waals surface area contributed by atoms with Gasteiger partial charge in [0.25, 0.3) is 0 Å². The van der Waals surface area contributed by atoms with Crippen molar-refractivity contribution in [2.45, 2.75) is 5.92 Å². The number of allylic oxidation sites excluding steroid dienone is 5. The predicted octanol–water partition coefficient (Wildman–Crippen LogP) is 4.41. The van der Waals surface area contributed by atoms with Crippen LogP contribution < -0.4 is 27.3 Å². The Hall–Kier alpha value is -5.74. The van der Waals surface area contributed by atoms with Gasteiger partial charge in [-0.2, -0.15) is 0 Å². The molecule has 2 aliphatic rings. The molecule has 0 N–H and O–H groups in total. The minimum Gasteiger partial charge on any atom is -0.294 e.